The maximum Gasteiger partial charge on any atom is 0.326 e. The summed E-state index contributed by atoms with van der Waals surface area (Å²) in [5.74, 6) is -3.34. The zero-order valence-electron chi connectivity index (χ0n) is 17.4. The molecule has 0 N–H and O–H groups in total. The van der Waals surface area contributed by atoms with Crippen LogP contribution in [-0.4, -0.2) is 37.2 Å². The maximum atomic E-state index is 14.4. The summed E-state index contributed by atoms with van der Waals surface area (Å²) in [6.07, 6.45) is -0.198. The van der Waals surface area contributed by atoms with Crippen molar-refractivity contribution in [2.24, 2.45) is 4.99 Å². The summed E-state index contributed by atoms with van der Waals surface area (Å²) in [5, 5.41) is 0.402. The van der Waals surface area contributed by atoms with Gasteiger partial charge in [0.15, 0.2) is 20.5 Å². The van der Waals surface area contributed by atoms with E-state index >= 15 is 0 Å². The van der Waals surface area contributed by atoms with Gasteiger partial charge in [0, 0.05) is 17.5 Å². The third-order valence-electron chi connectivity index (χ3n) is 4.48. The summed E-state index contributed by atoms with van der Waals surface area (Å²) in [4.78, 5) is 28.4. The molecule has 0 aliphatic rings. The number of nitrogens with zero attached hydrogens (tertiary/aromatic N) is 2. The molecular formula is C21H19ClF2N2O5S2. The van der Waals surface area contributed by atoms with Crippen LogP contribution in [0.1, 0.15) is 19.8 Å². The van der Waals surface area contributed by atoms with Crippen molar-refractivity contribution in [3.8, 4) is 0 Å². The van der Waals surface area contributed by atoms with Crippen molar-refractivity contribution in [1.29, 1.82) is 0 Å². The van der Waals surface area contributed by atoms with Gasteiger partial charge in [-0.25, -0.2) is 17.2 Å². The van der Waals surface area contributed by atoms with Gasteiger partial charge in [-0.1, -0.05) is 22.9 Å². The molecule has 176 valence electrons. The zero-order valence-corrected chi connectivity index (χ0v) is 19.8. The van der Waals surface area contributed by atoms with Gasteiger partial charge in [0.1, 0.15) is 12.4 Å². The number of aromatic nitrogens is 1. The van der Waals surface area contributed by atoms with Crippen LogP contribution in [0.5, 0.6) is 0 Å². The van der Waals surface area contributed by atoms with Crippen LogP contribution in [0.25, 0.3) is 10.2 Å². The SMILES string of the molecule is CCOC(=O)Cn1c(=NC(=O)CCCS(=O)(=O)c2ccc(Cl)cc2)sc2cc(F)cc(F)c21. The molecule has 0 radical (unpaired) electrons. The second-order valence-corrected chi connectivity index (χ2v) is 10.4. The summed E-state index contributed by atoms with van der Waals surface area (Å²) in [5.41, 5.74) is -0.0775. The first-order valence-corrected chi connectivity index (χ1v) is 12.7. The molecule has 0 unspecified atom stereocenters. The van der Waals surface area contributed by atoms with E-state index in [1.807, 2.05) is 0 Å². The van der Waals surface area contributed by atoms with Crippen molar-refractivity contribution < 1.29 is 31.5 Å². The minimum Gasteiger partial charge on any atom is -0.465 e. The fraction of sp³-hybridized carbons (Fsp3) is 0.286. The van der Waals surface area contributed by atoms with Crippen LogP contribution in [0.15, 0.2) is 46.3 Å². The van der Waals surface area contributed by atoms with Crippen molar-refractivity contribution in [2.75, 3.05) is 12.4 Å². The van der Waals surface area contributed by atoms with E-state index in [0.717, 1.165) is 22.0 Å². The molecule has 33 heavy (non-hydrogen) atoms. The van der Waals surface area contributed by atoms with Crippen LogP contribution in [0.3, 0.4) is 0 Å². The molecule has 0 spiro atoms. The van der Waals surface area contributed by atoms with E-state index in [1.165, 1.54) is 24.3 Å². The van der Waals surface area contributed by atoms with E-state index in [9.17, 15) is 26.8 Å². The Kier molecular flexibility index (Phi) is 7.98. The Balaban J connectivity index is 1.82. The Labute approximate surface area is 197 Å². The largest absolute Gasteiger partial charge is 0.465 e. The fourth-order valence-corrected chi connectivity index (χ4v) is 5.56. The fourth-order valence-electron chi connectivity index (χ4n) is 3.03. The summed E-state index contributed by atoms with van der Waals surface area (Å²) in [6, 6.07) is 7.43. The average molecular weight is 517 g/mol. The van der Waals surface area contributed by atoms with Crippen molar-refractivity contribution >= 4 is 54.9 Å². The van der Waals surface area contributed by atoms with Crippen molar-refractivity contribution in [1.82, 2.24) is 4.57 Å². The molecule has 3 aromatic rings. The molecule has 12 heteroatoms. The number of amides is 1. The third kappa shape index (κ3) is 6.24. The third-order valence-corrected chi connectivity index (χ3v) is 7.58. The Morgan fingerprint density at radius 3 is 2.55 bits per heavy atom. The summed E-state index contributed by atoms with van der Waals surface area (Å²) < 4.78 is 59.0. The van der Waals surface area contributed by atoms with Gasteiger partial charge in [-0.2, -0.15) is 4.99 Å². The van der Waals surface area contributed by atoms with Gasteiger partial charge in [-0.05, 0) is 43.7 Å². The summed E-state index contributed by atoms with van der Waals surface area (Å²) in [7, 11) is -3.61. The number of rotatable bonds is 8. The molecular weight excluding hydrogens is 498 g/mol. The number of ether oxygens (including phenoxy) is 1. The highest BCUT2D eigenvalue weighted by Crippen LogP contribution is 2.22. The topological polar surface area (TPSA) is 94.8 Å². The predicted octanol–water partition coefficient (Wildman–Crippen LogP) is 3.88. The number of hydrogen-bond acceptors (Lipinski definition) is 6. The normalized spacial score (nSPS) is 12.3. The molecule has 0 atom stereocenters. The van der Waals surface area contributed by atoms with E-state index in [0.29, 0.717) is 11.1 Å². The molecule has 0 bridgehead atoms. The molecule has 0 aliphatic carbocycles. The van der Waals surface area contributed by atoms with Gasteiger partial charge in [0.05, 0.1) is 27.5 Å². The van der Waals surface area contributed by atoms with E-state index in [2.05, 4.69) is 4.99 Å². The Morgan fingerprint density at radius 2 is 1.88 bits per heavy atom. The second-order valence-electron chi connectivity index (χ2n) is 6.89. The highest BCUT2D eigenvalue weighted by Gasteiger charge is 2.18. The number of esters is 1. The number of thiazole rings is 1. The summed E-state index contributed by atoms with van der Waals surface area (Å²) >= 11 is 6.60. The highest BCUT2D eigenvalue weighted by atomic mass is 35.5. The Morgan fingerprint density at radius 1 is 1.18 bits per heavy atom. The van der Waals surface area contributed by atoms with Gasteiger partial charge in [0.2, 0.25) is 5.91 Å². The zero-order chi connectivity index (χ0) is 24.2. The van der Waals surface area contributed by atoms with E-state index in [-0.39, 0.29) is 45.1 Å². The van der Waals surface area contributed by atoms with Gasteiger partial charge in [0.25, 0.3) is 0 Å². The number of halogens is 3. The average Bonchev–Trinajstić information content (AvgIpc) is 3.05. The molecule has 0 saturated heterocycles. The number of sulfone groups is 1. The molecule has 7 nitrogen and oxygen atoms in total. The van der Waals surface area contributed by atoms with Gasteiger partial charge in [-0.3, -0.25) is 9.59 Å². The number of hydrogen-bond donors (Lipinski definition) is 0. The smallest absolute Gasteiger partial charge is 0.326 e. The van der Waals surface area contributed by atoms with Gasteiger partial charge < -0.3 is 9.30 Å². The van der Waals surface area contributed by atoms with E-state index in [4.69, 9.17) is 16.3 Å². The Bertz CT molecular complexity index is 1370. The first-order chi connectivity index (χ1) is 15.6. The second kappa shape index (κ2) is 10.5. The molecule has 2 aromatic carbocycles. The number of benzene rings is 2. The predicted molar refractivity (Wildman–Crippen MR) is 120 cm³/mol. The molecule has 1 aromatic heterocycles. The first kappa shape index (κ1) is 25.0. The minimum atomic E-state index is -3.61. The van der Waals surface area contributed by atoms with E-state index < -0.39 is 39.9 Å². The van der Waals surface area contributed by atoms with Gasteiger partial charge >= 0.3 is 5.97 Å². The molecule has 3 rings (SSSR count). The molecule has 0 fully saturated rings. The lowest BCUT2D eigenvalue weighted by molar-refractivity contribution is -0.143. The van der Waals surface area contributed by atoms with Crippen LogP contribution in [0.2, 0.25) is 5.02 Å². The van der Waals surface area contributed by atoms with Crippen molar-refractivity contribution in [3.63, 3.8) is 0 Å². The van der Waals surface area contributed by atoms with Crippen LogP contribution in [0, 0.1) is 11.6 Å². The molecule has 0 saturated carbocycles. The van der Waals surface area contributed by atoms with Crippen LogP contribution in [-0.2, 0) is 30.7 Å². The first-order valence-electron chi connectivity index (χ1n) is 9.80. The highest BCUT2D eigenvalue weighted by molar-refractivity contribution is 7.91. The Hall–Kier alpha value is -2.63. The number of carbonyl (C=O) groups is 2. The van der Waals surface area contributed by atoms with Crippen LogP contribution >= 0.6 is 22.9 Å². The lowest BCUT2D eigenvalue weighted by Gasteiger charge is -2.06. The van der Waals surface area contributed by atoms with Gasteiger partial charge in [-0.15, -0.1) is 0 Å². The number of fused-ring (bicyclic) bond motifs is 1. The maximum absolute atomic E-state index is 14.4. The quantitative estimate of drug-likeness (QED) is 0.423. The monoisotopic (exact) mass is 516 g/mol. The molecule has 1 amide bonds. The number of carbonyl (C=O) groups excluding carboxylic acids is 2. The molecule has 1 heterocycles. The van der Waals surface area contributed by atoms with Crippen LogP contribution < -0.4 is 4.80 Å². The molecule has 0 aliphatic heterocycles. The minimum absolute atomic E-state index is 0.000939. The van der Waals surface area contributed by atoms with Crippen LogP contribution in [0.4, 0.5) is 8.78 Å². The summed E-state index contributed by atoms with van der Waals surface area (Å²) in [6.45, 7) is 1.29. The lowest BCUT2D eigenvalue weighted by Crippen LogP contribution is -2.23. The van der Waals surface area contributed by atoms with Crippen molar-refractivity contribution in [3.05, 3.63) is 57.9 Å². The lowest BCUT2D eigenvalue weighted by atomic mass is 10.3. The van der Waals surface area contributed by atoms with E-state index in [1.54, 1.807) is 6.92 Å². The van der Waals surface area contributed by atoms with Crippen molar-refractivity contribution in [2.45, 2.75) is 31.2 Å². The standard InChI is InChI=1S/C21H19ClF2N2O5S2/c1-2-31-19(28)12-26-20-16(24)10-14(23)11-17(20)32-21(26)25-18(27)4-3-9-33(29,30)15-7-5-13(22)6-8-15/h5-8,10-11H,2-4,9,12H2,1H3.